The molecule has 0 radical (unpaired) electrons. The molecule has 1 saturated heterocycles. The first kappa shape index (κ1) is 18.9. The van der Waals surface area contributed by atoms with Gasteiger partial charge in [0.25, 0.3) is 0 Å². The number of carbonyl (C=O) groups is 1. The van der Waals surface area contributed by atoms with E-state index in [1.165, 1.54) is 6.08 Å². The Balaban J connectivity index is 0.00000109. The maximum atomic E-state index is 12.1. The van der Waals surface area contributed by atoms with Crippen LogP contribution in [-0.4, -0.2) is 51.5 Å². The molecule has 1 amide bonds. The molecule has 0 bridgehead atoms. The van der Waals surface area contributed by atoms with Gasteiger partial charge in [0.1, 0.15) is 17.2 Å². The van der Waals surface area contributed by atoms with E-state index in [2.05, 4.69) is 16.5 Å². The quantitative estimate of drug-likeness (QED) is 0.858. The molecule has 1 aliphatic rings. The molecule has 1 aliphatic heterocycles. The van der Waals surface area contributed by atoms with Crippen molar-refractivity contribution in [2.75, 3.05) is 26.0 Å². The lowest BCUT2D eigenvalue weighted by Gasteiger charge is -2.22. The molecule has 7 nitrogen and oxygen atoms in total. The zero-order valence-electron chi connectivity index (χ0n) is 15.4. The van der Waals surface area contributed by atoms with Crippen LogP contribution in [0, 0.1) is 6.92 Å². The van der Waals surface area contributed by atoms with E-state index in [1.54, 1.807) is 13.3 Å². The number of nitrogens with two attached hydrogens (primary N) is 1. The summed E-state index contributed by atoms with van der Waals surface area (Å²) >= 11 is 0. The molecule has 0 aliphatic carbocycles. The molecule has 7 heteroatoms. The first-order valence-electron chi connectivity index (χ1n) is 8.57. The van der Waals surface area contributed by atoms with E-state index in [-0.39, 0.29) is 17.9 Å². The molecule has 2 aromatic rings. The van der Waals surface area contributed by atoms with E-state index in [0.29, 0.717) is 19.0 Å². The highest BCUT2D eigenvalue weighted by atomic mass is 16.5. The molecular weight excluding hydrogens is 318 g/mol. The number of nitrogen functional groups attached to an aromatic ring is 1. The summed E-state index contributed by atoms with van der Waals surface area (Å²) in [5.41, 5.74) is 7.65. The van der Waals surface area contributed by atoms with Gasteiger partial charge in [0.2, 0.25) is 5.91 Å². The summed E-state index contributed by atoms with van der Waals surface area (Å²) in [6, 6.07) is 0.0299. The van der Waals surface area contributed by atoms with Gasteiger partial charge in [-0.1, -0.05) is 20.4 Å². The molecule has 0 aromatic carbocycles. The van der Waals surface area contributed by atoms with E-state index in [1.807, 2.05) is 36.3 Å². The first-order valence-corrected chi connectivity index (χ1v) is 8.57. The standard InChI is InChI=1S/C16H21N5O2.C2H6/c1-4-13(22)21-8-11(7-12(21)9-23-3)16-19-10(2)14-15(17)18-5-6-20(14)16;1-2/h4-6,11-12H,1,7-9H2,2-3H3,(H2,17,18);1-2H3. The number of methoxy groups -OCH3 is 1. The number of nitrogens with zero attached hydrogens (tertiary/aromatic N) is 4. The third-order valence-electron chi connectivity index (χ3n) is 4.38. The second kappa shape index (κ2) is 8.11. The Labute approximate surface area is 148 Å². The smallest absolute Gasteiger partial charge is 0.246 e. The van der Waals surface area contributed by atoms with E-state index < -0.39 is 0 Å². The molecule has 2 aromatic heterocycles. The van der Waals surface area contributed by atoms with Crippen LogP contribution in [0.3, 0.4) is 0 Å². The Morgan fingerprint density at radius 1 is 1.52 bits per heavy atom. The normalized spacial score (nSPS) is 19.6. The number of amides is 1. The number of imidazole rings is 1. The second-order valence-electron chi connectivity index (χ2n) is 5.82. The van der Waals surface area contributed by atoms with Crippen LogP contribution in [0.15, 0.2) is 25.0 Å². The molecule has 3 heterocycles. The number of anilines is 1. The highest BCUT2D eigenvalue weighted by Gasteiger charge is 2.37. The van der Waals surface area contributed by atoms with Crippen molar-refractivity contribution in [2.45, 2.75) is 39.2 Å². The summed E-state index contributed by atoms with van der Waals surface area (Å²) in [5, 5.41) is 0. The Bertz CT molecular complexity index is 755. The van der Waals surface area contributed by atoms with Crippen molar-refractivity contribution < 1.29 is 9.53 Å². The summed E-state index contributed by atoms with van der Waals surface area (Å²) in [6.07, 6.45) is 5.68. The minimum absolute atomic E-state index is 0.0299. The van der Waals surface area contributed by atoms with Crippen molar-refractivity contribution in [1.82, 2.24) is 19.3 Å². The van der Waals surface area contributed by atoms with Crippen molar-refractivity contribution >= 4 is 17.2 Å². The highest BCUT2D eigenvalue weighted by Crippen LogP contribution is 2.33. The fourth-order valence-electron chi connectivity index (χ4n) is 3.40. The van der Waals surface area contributed by atoms with Crippen LogP contribution in [0.2, 0.25) is 0 Å². The highest BCUT2D eigenvalue weighted by molar-refractivity contribution is 5.87. The number of hydrogen-bond acceptors (Lipinski definition) is 5. The lowest BCUT2D eigenvalue weighted by atomic mass is 10.1. The van der Waals surface area contributed by atoms with Crippen LogP contribution in [0.5, 0.6) is 0 Å². The molecule has 25 heavy (non-hydrogen) atoms. The molecule has 3 rings (SSSR count). The molecular formula is C18H27N5O2. The molecule has 0 saturated carbocycles. The van der Waals surface area contributed by atoms with E-state index >= 15 is 0 Å². The lowest BCUT2D eigenvalue weighted by molar-refractivity contribution is -0.127. The summed E-state index contributed by atoms with van der Waals surface area (Å²) in [6.45, 7) is 10.6. The first-order chi connectivity index (χ1) is 12.1. The molecule has 2 atom stereocenters. The van der Waals surface area contributed by atoms with E-state index in [0.717, 1.165) is 23.5 Å². The number of aromatic nitrogens is 3. The number of aryl methyl sites for hydroxylation is 1. The van der Waals surface area contributed by atoms with Gasteiger partial charge >= 0.3 is 0 Å². The minimum atomic E-state index is -0.0756. The maximum absolute atomic E-state index is 12.1. The van der Waals surface area contributed by atoms with Crippen LogP contribution in [0.25, 0.3) is 5.52 Å². The summed E-state index contributed by atoms with van der Waals surface area (Å²) in [7, 11) is 1.64. The predicted molar refractivity (Wildman–Crippen MR) is 98.4 cm³/mol. The molecule has 0 spiro atoms. The topological polar surface area (TPSA) is 85.8 Å². The second-order valence-corrected chi connectivity index (χ2v) is 5.82. The van der Waals surface area contributed by atoms with Crippen LogP contribution >= 0.6 is 0 Å². The molecule has 2 N–H and O–H groups in total. The number of rotatable bonds is 4. The third-order valence-corrected chi connectivity index (χ3v) is 4.38. The van der Waals surface area contributed by atoms with Crippen LogP contribution in [-0.2, 0) is 9.53 Å². The number of carbonyl (C=O) groups excluding carboxylic acids is 1. The number of fused-ring (bicyclic) bond motifs is 1. The number of ether oxygens (including phenoxy) is 1. The van der Waals surface area contributed by atoms with Gasteiger partial charge in [-0.25, -0.2) is 9.97 Å². The Hall–Kier alpha value is -2.41. The molecule has 136 valence electrons. The Morgan fingerprint density at radius 2 is 2.24 bits per heavy atom. The zero-order valence-corrected chi connectivity index (χ0v) is 15.4. The zero-order chi connectivity index (χ0) is 18.6. The predicted octanol–water partition coefficient (Wildman–Crippen LogP) is 2.16. The van der Waals surface area contributed by atoms with Crippen molar-refractivity contribution in [3.8, 4) is 0 Å². The fourth-order valence-corrected chi connectivity index (χ4v) is 3.40. The van der Waals surface area contributed by atoms with Gasteiger partial charge in [0.05, 0.1) is 18.3 Å². The van der Waals surface area contributed by atoms with E-state index in [4.69, 9.17) is 10.5 Å². The lowest BCUT2D eigenvalue weighted by Crippen LogP contribution is -2.37. The van der Waals surface area contributed by atoms with Gasteiger partial charge in [-0.2, -0.15) is 0 Å². The van der Waals surface area contributed by atoms with Gasteiger partial charge in [0.15, 0.2) is 0 Å². The Morgan fingerprint density at radius 3 is 2.88 bits per heavy atom. The fraction of sp³-hybridized carbons (Fsp3) is 0.500. The van der Waals surface area contributed by atoms with E-state index in [9.17, 15) is 4.79 Å². The third kappa shape index (κ3) is 3.51. The van der Waals surface area contributed by atoms with Gasteiger partial charge in [-0.3, -0.25) is 9.20 Å². The maximum Gasteiger partial charge on any atom is 0.246 e. The van der Waals surface area contributed by atoms with Crippen molar-refractivity contribution in [1.29, 1.82) is 0 Å². The van der Waals surface area contributed by atoms with Crippen LogP contribution < -0.4 is 5.73 Å². The van der Waals surface area contributed by atoms with Crippen LogP contribution in [0.4, 0.5) is 5.82 Å². The minimum Gasteiger partial charge on any atom is -0.383 e. The Kier molecular flexibility index (Phi) is 6.14. The van der Waals surface area contributed by atoms with Crippen LogP contribution in [0.1, 0.15) is 37.7 Å². The SMILES string of the molecule is C=CC(=O)N1CC(c2nc(C)c3c(N)nccn23)CC1COC.CC. The largest absolute Gasteiger partial charge is 0.383 e. The average molecular weight is 345 g/mol. The average Bonchev–Trinajstić information content (AvgIpc) is 3.18. The van der Waals surface area contributed by atoms with Crippen molar-refractivity contribution in [3.63, 3.8) is 0 Å². The van der Waals surface area contributed by atoms with Gasteiger partial charge in [-0.15, -0.1) is 0 Å². The van der Waals surface area contributed by atoms with Crippen molar-refractivity contribution in [3.05, 3.63) is 36.6 Å². The summed E-state index contributed by atoms with van der Waals surface area (Å²) in [5.74, 6) is 1.43. The number of likely N-dealkylation sites (tertiary alicyclic amines) is 1. The van der Waals surface area contributed by atoms with Crippen molar-refractivity contribution in [2.24, 2.45) is 0 Å². The van der Waals surface area contributed by atoms with Gasteiger partial charge in [-0.05, 0) is 19.4 Å². The monoisotopic (exact) mass is 345 g/mol. The molecule has 2 unspecified atom stereocenters. The molecule has 1 fully saturated rings. The summed E-state index contributed by atoms with van der Waals surface area (Å²) < 4.78 is 7.24. The summed E-state index contributed by atoms with van der Waals surface area (Å²) in [4.78, 5) is 22.7. The number of hydrogen-bond donors (Lipinski definition) is 1. The van der Waals surface area contributed by atoms with Gasteiger partial charge in [0, 0.05) is 32.0 Å². The van der Waals surface area contributed by atoms with Gasteiger partial charge < -0.3 is 15.4 Å².